The molecule has 44 heavy (non-hydrogen) atoms. The minimum atomic E-state index is -0.630. The average molecular weight is 605 g/mol. The molecule has 0 saturated heterocycles. The lowest BCUT2D eigenvalue weighted by atomic mass is 9.34. The molecule has 0 aromatic rings. The fourth-order valence-electron chi connectivity index (χ4n) is 14.6. The third-order valence-electron chi connectivity index (χ3n) is 16.4. The smallest absolute Gasteiger partial charge is 0.309 e. The Labute approximate surface area is 267 Å². The summed E-state index contributed by atoms with van der Waals surface area (Å²) in [6.45, 7) is 19.9. The van der Waals surface area contributed by atoms with E-state index < -0.39 is 11.4 Å². The van der Waals surface area contributed by atoms with Gasteiger partial charge in [0.1, 0.15) is 5.60 Å². The van der Waals surface area contributed by atoms with Crippen LogP contribution in [-0.2, 0) is 14.3 Å². The van der Waals surface area contributed by atoms with Crippen molar-refractivity contribution in [3.8, 4) is 0 Å². The molecular weight excluding hydrogens is 544 g/mol. The van der Waals surface area contributed by atoms with Gasteiger partial charge in [0.25, 0.3) is 6.47 Å². The molecule has 7 rings (SSSR count). The van der Waals surface area contributed by atoms with Gasteiger partial charge >= 0.3 is 5.97 Å². The van der Waals surface area contributed by atoms with Crippen LogP contribution in [0.3, 0.4) is 0 Å². The van der Waals surface area contributed by atoms with Crippen LogP contribution >= 0.6 is 0 Å². The molecule has 5 fully saturated rings. The minimum Gasteiger partial charge on any atom is -0.481 e. The van der Waals surface area contributed by atoms with Crippen molar-refractivity contribution in [2.24, 2.45) is 75.4 Å². The third kappa shape index (κ3) is 3.93. The Morgan fingerprint density at radius 1 is 0.886 bits per heavy atom. The highest BCUT2D eigenvalue weighted by molar-refractivity contribution is 5.75. The van der Waals surface area contributed by atoms with Crippen molar-refractivity contribution in [3.05, 3.63) is 22.3 Å². The minimum absolute atomic E-state index is 0.0839. The molecule has 13 unspecified atom stereocenters. The summed E-state index contributed by atoms with van der Waals surface area (Å²) < 4.78 is 6.13. The van der Waals surface area contributed by atoms with Crippen LogP contribution in [0.25, 0.3) is 0 Å². The number of carboxylic acids is 1. The number of carbonyl (C=O) groups excluding carboxylic acids is 1. The summed E-state index contributed by atoms with van der Waals surface area (Å²) in [5.74, 6) is 4.63. The van der Waals surface area contributed by atoms with Crippen LogP contribution < -0.4 is 0 Å². The summed E-state index contributed by atoms with van der Waals surface area (Å²) in [6, 6.07) is 0. The highest BCUT2D eigenvalue weighted by Gasteiger charge is 2.69. The molecule has 13 atom stereocenters. The first kappa shape index (κ1) is 31.0. The molecule has 0 aliphatic heterocycles. The second-order valence-corrected chi connectivity index (χ2v) is 18.4. The zero-order valence-corrected chi connectivity index (χ0v) is 29.0. The van der Waals surface area contributed by atoms with Gasteiger partial charge in [-0.05, 0) is 162 Å². The number of carbonyl (C=O) groups is 2. The third-order valence-corrected chi connectivity index (χ3v) is 16.4. The van der Waals surface area contributed by atoms with E-state index in [0.717, 1.165) is 45.0 Å². The Morgan fingerprint density at radius 3 is 2.23 bits per heavy atom. The number of ether oxygens (including phenoxy) is 1. The van der Waals surface area contributed by atoms with E-state index in [4.69, 9.17) is 4.74 Å². The van der Waals surface area contributed by atoms with Gasteiger partial charge in [-0.3, -0.25) is 9.59 Å². The number of hydrogen-bond acceptors (Lipinski definition) is 3. The number of hydrogen-bond donors (Lipinski definition) is 1. The van der Waals surface area contributed by atoms with Gasteiger partial charge in [0.05, 0.1) is 5.41 Å². The van der Waals surface area contributed by atoms with Crippen LogP contribution in [0.15, 0.2) is 22.3 Å². The molecule has 0 amide bonds. The highest BCUT2D eigenvalue weighted by atomic mass is 16.5. The summed E-state index contributed by atoms with van der Waals surface area (Å²) in [4.78, 5) is 25.1. The van der Waals surface area contributed by atoms with Gasteiger partial charge in [-0.2, -0.15) is 0 Å². The van der Waals surface area contributed by atoms with E-state index in [1.165, 1.54) is 44.1 Å². The van der Waals surface area contributed by atoms with Gasteiger partial charge in [-0.15, -0.1) is 0 Å². The molecule has 1 N–H and O–H groups in total. The zero-order valence-electron chi connectivity index (χ0n) is 29.0. The molecular formula is C40H60O4. The average Bonchev–Trinajstić information content (AvgIpc) is 2.96. The van der Waals surface area contributed by atoms with E-state index >= 15 is 0 Å². The van der Waals surface area contributed by atoms with Crippen molar-refractivity contribution < 1.29 is 19.4 Å². The van der Waals surface area contributed by atoms with E-state index in [0.29, 0.717) is 53.3 Å². The molecule has 0 spiro atoms. The summed E-state index contributed by atoms with van der Waals surface area (Å²) in [7, 11) is 0. The summed E-state index contributed by atoms with van der Waals surface area (Å²) >= 11 is 0. The van der Waals surface area contributed by atoms with Crippen LogP contribution in [0, 0.1) is 75.4 Å². The van der Waals surface area contributed by atoms with Crippen LogP contribution in [0.5, 0.6) is 0 Å². The molecule has 0 aromatic heterocycles. The van der Waals surface area contributed by atoms with Gasteiger partial charge in [0, 0.05) is 5.92 Å². The predicted octanol–water partition coefficient (Wildman–Crippen LogP) is 9.63. The Balaban J connectivity index is 1.48. The van der Waals surface area contributed by atoms with E-state index in [1.807, 2.05) is 11.1 Å². The fourth-order valence-corrected chi connectivity index (χ4v) is 14.6. The largest absolute Gasteiger partial charge is 0.481 e. The second-order valence-electron chi connectivity index (χ2n) is 18.4. The lowest BCUT2D eigenvalue weighted by Crippen LogP contribution is -2.64. The van der Waals surface area contributed by atoms with Crippen molar-refractivity contribution in [2.45, 2.75) is 138 Å². The van der Waals surface area contributed by atoms with Crippen molar-refractivity contribution >= 4 is 12.4 Å². The topological polar surface area (TPSA) is 63.6 Å². The van der Waals surface area contributed by atoms with Crippen molar-refractivity contribution in [3.63, 3.8) is 0 Å². The SMILES string of the molecule is CC(C)=C1CCC2C3C(CC4C(C)(C(=O)O)CCCC24C)C2=C4C(CC5C(C)(OC=O)CCCC5(C)C4CCC2C(C)C)C13. The van der Waals surface area contributed by atoms with Crippen molar-refractivity contribution in [1.29, 1.82) is 0 Å². The maximum absolute atomic E-state index is 13.1. The van der Waals surface area contributed by atoms with E-state index in [1.54, 1.807) is 5.57 Å². The van der Waals surface area contributed by atoms with Crippen molar-refractivity contribution in [2.75, 3.05) is 0 Å². The molecule has 4 heteroatoms. The van der Waals surface area contributed by atoms with Crippen LogP contribution in [0.2, 0.25) is 0 Å². The quantitative estimate of drug-likeness (QED) is 0.256. The Bertz CT molecular complexity index is 1290. The Hall–Kier alpha value is -1.58. The molecule has 244 valence electrons. The normalized spacial score (nSPS) is 51.0. The van der Waals surface area contributed by atoms with Crippen LogP contribution in [0.4, 0.5) is 0 Å². The molecule has 0 radical (unpaired) electrons. The lowest BCUT2D eigenvalue weighted by molar-refractivity contribution is -0.191. The summed E-state index contributed by atoms with van der Waals surface area (Å²) in [6.07, 6.45) is 13.5. The fraction of sp³-hybridized carbons (Fsp3) is 0.850. The number of rotatable bonds is 4. The van der Waals surface area contributed by atoms with Crippen molar-refractivity contribution in [1.82, 2.24) is 0 Å². The monoisotopic (exact) mass is 604 g/mol. The molecule has 0 bridgehead atoms. The van der Waals surface area contributed by atoms with Crippen LogP contribution in [-0.4, -0.2) is 23.1 Å². The summed E-state index contributed by atoms with van der Waals surface area (Å²) in [5, 5.41) is 10.8. The van der Waals surface area contributed by atoms with E-state index in [2.05, 4.69) is 55.4 Å². The maximum Gasteiger partial charge on any atom is 0.309 e. The maximum atomic E-state index is 13.1. The summed E-state index contributed by atoms with van der Waals surface area (Å²) in [5.41, 5.74) is 6.13. The standard InChI is InChI=1S/C40H60O4/c1-22(2)24-12-14-29-35-27(20-31-38(29,6)16-10-18-40(31,8)44-21-41)33-25(23(3)4)11-13-28-34(33)26(32(24)35)19-30-37(28,5)15-9-17-39(30,7)36(42)43/h21-22,24,26-31,33-34H,9-20H2,1-8H3,(H,42,43). The number of aliphatic carboxylic acids is 1. The second kappa shape index (κ2) is 10.2. The number of allylic oxidation sites excluding steroid dienone is 4. The Kier molecular flexibility index (Phi) is 7.20. The molecule has 4 nitrogen and oxygen atoms in total. The van der Waals surface area contributed by atoms with Gasteiger partial charge < -0.3 is 9.84 Å². The molecule has 7 aliphatic carbocycles. The Morgan fingerprint density at radius 2 is 1.57 bits per heavy atom. The molecule has 0 heterocycles. The van der Waals surface area contributed by atoms with E-state index in [-0.39, 0.29) is 22.3 Å². The zero-order chi connectivity index (χ0) is 31.6. The molecule has 0 aromatic carbocycles. The molecule has 5 saturated carbocycles. The first-order chi connectivity index (χ1) is 20.7. The van der Waals surface area contributed by atoms with Gasteiger partial charge in [0.15, 0.2) is 0 Å². The predicted molar refractivity (Wildman–Crippen MR) is 175 cm³/mol. The van der Waals surface area contributed by atoms with Gasteiger partial charge in [-0.25, -0.2) is 0 Å². The number of fused-ring (bicyclic) bond motifs is 6. The van der Waals surface area contributed by atoms with Gasteiger partial charge in [0.2, 0.25) is 0 Å². The number of carboxylic acid groups (broad SMARTS) is 1. The highest BCUT2D eigenvalue weighted by Crippen LogP contribution is 2.75. The van der Waals surface area contributed by atoms with Crippen LogP contribution in [0.1, 0.15) is 132 Å². The lowest BCUT2D eigenvalue weighted by Gasteiger charge is -2.70. The first-order valence-corrected chi connectivity index (χ1v) is 18.5. The van der Waals surface area contributed by atoms with E-state index in [9.17, 15) is 14.7 Å². The molecule has 7 aliphatic rings. The first-order valence-electron chi connectivity index (χ1n) is 18.5. The van der Waals surface area contributed by atoms with Gasteiger partial charge in [-0.1, -0.05) is 56.4 Å².